The van der Waals surface area contributed by atoms with Gasteiger partial charge in [-0.15, -0.1) is 24.0 Å². The van der Waals surface area contributed by atoms with Gasteiger partial charge in [0.05, 0.1) is 14.2 Å². The van der Waals surface area contributed by atoms with Crippen LogP contribution in [0.15, 0.2) is 23.2 Å². The first-order valence-electron chi connectivity index (χ1n) is 6.52. The summed E-state index contributed by atoms with van der Waals surface area (Å²) in [5.74, 6) is 0.918. The molecule has 0 spiro atoms. The molecule has 1 aliphatic rings. The lowest BCUT2D eigenvalue weighted by molar-refractivity contribution is 0.0597. The average molecular weight is 405 g/mol. The Morgan fingerprint density at radius 1 is 1.43 bits per heavy atom. The molecule has 0 saturated carbocycles. The van der Waals surface area contributed by atoms with Crippen LogP contribution in [0.1, 0.15) is 22.3 Å². The maximum atomic E-state index is 11.6. The molecule has 6 nitrogen and oxygen atoms in total. The van der Waals surface area contributed by atoms with Crippen molar-refractivity contribution in [2.24, 2.45) is 4.99 Å². The first-order chi connectivity index (χ1) is 9.74. The van der Waals surface area contributed by atoms with Gasteiger partial charge in [-0.3, -0.25) is 4.99 Å². The van der Waals surface area contributed by atoms with Crippen molar-refractivity contribution in [1.82, 2.24) is 10.6 Å². The number of methoxy groups -OCH3 is 2. The van der Waals surface area contributed by atoms with Crippen LogP contribution in [-0.4, -0.2) is 39.2 Å². The third-order valence-corrected chi connectivity index (χ3v) is 3.03. The molecule has 0 bridgehead atoms. The van der Waals surface area contributed by atoms with E-state index >= 15 is 0 Å². The molecule has 7 heteroatoms. The van der Waals surface area contributed by atoms with Crippen molar-refractivity contribution in [2.45, 2.75) is 13.0 Å². The van der Waals surface area contributed by atoms with Crippen molar-refractivity contribution in [2.75, 3.05) is 27.3 Å². The largest absolute Gasteiger partial charge is 0.496 e. The van der Waals surface area contributed by atoms with Crippen LogP contribution in [0.4, 0.5) is 0 Å². The SMILES string of the molecule is COC(=O)c1ccc(CNC2=NCCCN2)cc1OC.I. The second-order valence-corrected chi connectivity index (χ2v) is 4.39. The molecule has 0 atom stereocenters. The normalized spacial score (nSPS) is 13.3. The van der Waals surface area contributed by atoms with Crippen molar-refractivity contribution in [3.05, 3.63) is 29.3 Å². The molecule has 1 aromatic carbocycles. The van der Waals surface area contributed by atoms with Gasteiger partial charge in [0.15, 0.2) is 5.96 Å². The minimum atomic E-state index is -0.403. The van der Waals surface area contributed by atoms with E-state index in [0.29, 0.717) is 17.9 Å². The number of ether oxygens (including phenoxy) is 2. The summed E-state index contributed by atoms with van der Waals surface area (Å²) >= 11 is 0. The third-order valence-electron chi connectivity index (χ3n) is 3.03. The molecule has 1 aromatic rings. The number of benzene rings is 1. The lowest BCUT2D eigenvalue weighted by Crippen LogP contribution is -2.40. The zero-order chi connectivity index (χ0) is 14.4. The van der Waals surface area contributed by atoms with Gasteiger partial charge >= 0.3 is 5.97 Å². The molecule has 0 fully saturated rings. The van der Waals surface area contributed by atoms with Gasteiger partial charge in [0.25, 0.3) is 0 Å². The highest BCUT2D eigenvalue weighted by atomic mass is 127. The fraction of sp³-hybridized carbons (Fsp3) is 0.429. The van der Waals surface area contributed by atoms with E-state index in [-0.39, 0.29) is 24.0 Å². The maximum absolute atomic E-state index is 11.6. The average Bonchev–Trinajstić information content (AvgIpc) is 2.52. The number of nitrogens with one attached hydrogen (secondary N) is 2. The quantitative estimate of drug-likeness (QED) is 0.588. The summed E-state index contributed by atoms with van der Waals surface area (Å²) < 4.78 is 9.94. The number of carbonyl (C=O) groups excluding carboxylic acids is 1. The van der Waals surface area contributed by atoms with Crippen LogP contribution in [0.3, 0.4) is 0 Å². The van der Waals surface area contributed by atoms with E-state index in [9.17, 15) is 4.79 Å². The molecule has 0 aromatic heterocycles. The van der Waals surface area contributed by atoms with Crippen molar-refractivity contribution >= 4 is 35.9 Å². The van der Waals surface area contributed by atoms with Crippen LogP contribution in [0, 0.1) is 0 Å². The molecular formula is C14H20IN3O3. The summed E-state index contributed by atoms with van der Waals surface area (Å²) in [5, 5.41) is 6.41. The lowest BCUT2D eigenvalue weighted by atomic mass is 10.1. The number of halogens is 1. The van der Waals surface area contributed by atoms with Gasteiger partial charge < -0.3 is 20.1 Å². The Morgan fingerprint density at radius 2 is 2.24 bits per heavy atom. The second kappa shape index (κ2) is 8.71. The van der Waals surface area contributed by atoms with Crippen LogP contribution >= 0.6 is 24.0 Å². The first-order valence-corrected chi connectivity index (χ1v) is 6.52. The third kappa shape index (κ3) is 4.76. The minimum absolute atomic E-state index is 0. The summed E-state index contributed by atoms with van der Waals surface area (Å²) in [7, 11) is 2.88. The molecule has 2 N–H and O–H groups in total. The molecule has 116 valence electrons. The van der Waals surface area contributed by atoms with Crippen molar-refractivity contribution in [3.8, 4) is 5.75 Å². The number of guanidine groups is 1. The molecule has 0 aliphatic carbocycles. The van der Waals surface area contributed by atoms with Crippen LogP contribution in [-0.2, 0) is 11.3 Å². The fourth-order valence-electron chi connectivity index (χ4n) is 1.96. The van der Waals surface area contributed by atoms with Gasteiger partial charge in [-0.05, 0) is 24.1 Å². The number of esters is 1. The molecular weight excluding hydrogens is 385 g/mol. The first kappa shape index (κ1) is 17.5. The second-order valence-electron chi connectivity index (χ2n) is 4.39. The summed E-state index contributed by atoms with van der Waals surface area (Å²) in [6, 6.07) is 5.39. The van der Waals surface area contributed by atoms with Gasteiger partial charge in [-0.2, -0.15) is 0 Å². The number of hydrogen-bond acceptors (Lipinski definition) is 6. The van der Waals surface area contributed by atoms with Crippen molar-refractivity contribution in [1.29, 1.82) is 0 Å². The molecule has 1 aliphatic heterocycles. The van der Waals surface area contributed by atoms with E-state index in [0.717, 1.165) is 31.0 Å². The number of nitrogens with zero attached hydrogens (tertiary/aromatic N) is 1. The van der Waals surface area contributed by atoms with E-state index in [1.165, 1.54) is 14.2 Å². The topological polar surface area (TPSA) is 72.0 Å². The van der Waals surface area contributed by atoms with E-state index in [1.807, 2.05) is 12.1 Å². The molecule has 0 amide bonds. The Kier molecular flexibility index (Phi) is 7.27. The summed E-state index contributed by atoms with van der Waals surface area (Å²) in [6.07, 6.45) is 1.06. The summed E-state index contributed by atoms with van der Waals surface area (Å²) in [6.45, 7) is 2.40. The highest BCUT2D eigenvalue weighted by Crippen LogP contribution is 2.21. The van der Waals surface area contributed by atoms with E-state index < -0.39 is 5.97 Å². The lowest BCUT2D eigenvalue weighted by Gasteiger charge is -2.16. The Hall–Kier alpha value is -1.51. The summed E-state index contributed by atoms with van der Waals surface area (Å²) in [5.41, 5.74) is 1.43. The standard InChI is InChI=1S/C14H19N3O3.HI/c1-19-12-8-10(4-5-11(12)13(18)20-2)9-17-14-15-6-3-7-16-14;/h4-5,8H,3,6-7,9H2,1-2H3,(H2,15,16,17);1H. The van der Waals surface area contributed by atoms with E-state index in [1.54, 1.807) is 6.07 Å². The highest BCUT2D eigenvalue weighted by molar-refractivity contribution is 14.0. The predicted octanol–water partition coefficient (Wildman–Crippen LogP) is 1.54. The number of rotatable bonds is 4. The van der Waals surface area contributed by atoms with Crippen LogP contribution in [0.5, 0.6) is 5.75 Å². The van der Waals surface area contributed by atoms with E-state index in [4.69, 9.17) is 9.47 Å². The molecule has 21 heavy (non-hydrogen) atoms. The number of aliphatic imine (C=N–C) groups is 1. The molecule has 0 saturated heterocycles. The monoisotopic (exact) mass is 405 g/mol. The van der Waals surface area contributed by atoms with E-state index in [2.05, 4.69) is 15.6 Å². The maximum Gasteiger partial charge on any atom is 0.341 e. The van der Waals surface area contributed by atoms with Gasteiger partial charge in [0, 0.05) is 19.6 Å². The Bertz CT molecular complexity index is 520. The fourth-order valence-corrected chi connectivity index (χ4v) is 1.96. The Morgan fingerprint density at radius 3 is 2.86 bits per heavy atom. The Balaban J connectivity index is 0.00000220. The zero-order valence-electron chi connectivity index (χ0n) is 12.1. The number of hydrogen-bond donors (Lipinski definition) is 2. The van der Waals surface area contributed by atoms with Crippen LogP contribution in [0.25, 0.3) is 0 Å². The molecule has 0 unspecified atom stereocenters. The van der Waals surface area contributed by atoms with Crippen LogP contribution in [0.2, 0.25) is 0 Å². The van der Waals surface area contributed by atoms with Crippen LogP contribution < -0.4 is 15.4 Å². The Labute approximate surface area is 141 Å². The minimum Gasteiger partial charge on any atom is -0.496 e. The van der Waals surface area contributed by atoms with Gasteiger partial charge in [-0.25, -0.2) is 4.79 Å². The van der Waals surface area contributed by atoms with Crippen molar-refractivity contribution < 1.29 is 14.3 Å². The number of carbonyl (C=O) groups is 1. The predicted molar refractivity (Wildman–Crippen MR) is 91.5 cm³/mol. The van der Waals surface area contributed by atoms with Gasteiger partial charge in [0.2, 0.25) is 0 Å². The molecule has 2 rings (SSSR count). The smallest absolute Gasteiger partial charge is 0.341 e. The van der Waals surface area contributed by atoms with Crippen molar-refractivity contribution in [3.63, 3.8) is 0 Å². The molecule has 0 radical (unpaired) electrons. The van der Waals surface area contributed by atoms with Gasteiger partial charge in [0.1, 0.15) is 11.3 Å². The molecule has 1 heterocycles. The zero-order valence-corrected chi connectivity index (χ0v) is 14.5. The highest BCUT2D eigenvalue weighted by Gasteiger charge is 2.13. The van der Waals surface area contributed by atoms with Gasteiger partial charge in [-0.1, -0.05) is 6.07 Å². The summed E-state index contributed by atoms with van der Waals surface area (Å²) in [4.78, 5) is 15.9.